The highest BCUT2D eigenvalue weighted by molar-refractivity contribution is 7.22. The second-order valence-electron chi connectivity index (χ2n) is 3.12. The number of fused-ring (bicyclic) bond motifs is 1. The van der Waals surface area contributed by atoms with Gasteiger partial charge >= 0.3 is 0 Å². The van der Waals surface area contributed by atoms with Gasteiger partial charge in [-0.1, -0.05) is 23.5 Å². The van der Waals surface area contributed by atoms with Crippen molar-refractivity contribution in [3.63, 3.8) is 0 Å². The van der Waals surface area contributed by atoms with Gasteiger partial charge in [0, 0.05) is 6.92 Å². The molecule has 4 heteroatoms. The van der Waals surface area contributed by atoms with Crippen LogP contribution in [-0.2, 0) is 4.79 Å². The number of carbonyl (C=O) groups is 1. The van der Waals surface area contributed by atoms with Gasteiger partial charge in [0.15, 0.2) is 5.13 Å². The first kappa shape index (κ1) is 9.15. The fraction of sp³-hybridized carbons (Fsp3) is 0.200. The largest absolute Gasteiger partial charge is 0.302 e. The summed E-state index contributed by atoms with van der Waals surface area (Å²) < 4.78 is 1.11. The average molecular weight is 206 g/mol. The van der Waals surface area contributed by atoms with E-state index in [9.17, 15) is 4.79 Å². The number of carbonyl (C=O) groups excluding carboxylic acids is 1. The van der Waals surface area contributed by atoms with Crippen molar-refractivity contribution in [1.82, 2.24) is 4.98 Å². The molecule has 1 heterocycles. The number of rotatable bonds is 1. The molecule has 72 valence electrons. The maximum Gasteiger partial charge on any atom is 0.223 e. The van der Waals surface area contributed by atoms with Crippen molar-refractivity contribution in [1.29, 1.82) is 0 Å². The Morgan fingerprint density at radius 2 is 2.29 bits per heavy atom. The summed E-state index contributed by atoms with van der Waals surface area (Å²) in [6, 6.07) is 6.01. The Balaban J connectivity index is 2.51. The van der Waals surface area contributed by atoms with Gasteiger partial charge in [-0.05, 0) is 18.6 Å². The highest BCUT2D eigenvalue weighted by atomic mass is 32.1. The van der Waals surface area contributed by atoms with Crippen LogP contribution < -0.4 is 5.32 Å². The van der Waals surface area contributed by atoms with Crippen LogP contribution in [0.2, 0.25) is 0 Å². The lowest BCUT2D eigenvalue weighted by Crippen LogP contribution is -2.04. The third-order valence-electron chi connectivity index (χ3n) is 1.90. The van der Waals surface area contributed by atoms with Gasteiger partial charge in [-0.15, -0.1) is 0 Å². The smallest absolute Gasteiger partial charge is 0.223 e. The summed E-state index contributed by atoms with van der Waals surface area (Å²) in [5, 5.41) is 3.36. The van der Waals surface area contributed by atoms with Crippen LogP contribution in [0.5, 0.6) is 0 Å². The molecule has 1 aromatic carbocycles. The van der Waals surface area contributed by atoms with Gasteiger partial charge in [0.1, 0.15) is 0 Å². The third-order valence-corrected chi connectivity index (χ3v) is 2.84. The quantitative estimate of drug-likeness (QED) is 0.779. The zero-order chi connectivity index (χ0) is 10.1. The van der Waals surface area contributed by atoms with Crippen molar-refractivity contribution in [2.45, 2.75) is 13.8 Å². The van der Waals surface area contributed by atoms with Crippen molar-refractivity contribution >= 4 is 32.6 Å². The first-order valence-electron chi connectivity index (χ1n) is 4.30. The number of hydrogen-bond acceptors (Lipinski definition) is 3. The topological polar surface area (TPSA) is 42.0 Å². The van der Waals surface area contributed by atoms with E-state index < -0.39 is 0 Å². The summed E-state index contributed by atoms with van der Waals surface area (Å²) in [6.45, 7) is 3.50. The first-order chi connectivity index (χ1) is 6.66. The molecule has 3 nitrogen and oxygen atoms in total. The van der Waals surface area contributed by atoms with E-state index in [0.29, 0.717) is 5.13 Å². The van der Waals surface area contributed by atoms with Crippen molar-refractivity contribution < 1.29 is 4.79 Å². The van der Waals surface area contributed by atoms with E-state index in [1.165, 1.54) is 18.3 Å². The Morgan fingerprint density at radius 3 is 2.93 bits per heavy atom. The number of para-hydroxylation sites is 1. The van der Waals surface area contributed by atoms with Crippen LogP contribution in [0.4, 0.5) is 5.13 Å². The summed E-state index contributed by atoms with van der Waals surface area (Å²) in [7, 11) is 0. The van der Waals surface area contributed by atoms with Crippen molar-refractivity contribution in [2.24, 2.45) is 0 Å². The van der Waals surface area contributed by atoms with Gasteiger partial charge in [-0.3, -0.25) is 4.79 Å². The Bertz CT molecular complexity index is 490. The number of nitrogens with one attached hydrogen (secondary N) is 1. The number of anilines is 1. The molecule has 0 atom stereocenters. The average Bonchev–Trinajstić information content (AvgIpc) is 2.47. The van der Waals surface area contributed by atoms with Crippen molar-refractivity contribution in [3.8, 4) is 0 Å². The fourth-order valence-corrected chi connectivity index (χ4v) is 2.28. The maximum atomic E-state index is 10.8. The van der Waals surface area contributed by atoms with Gasteiger partial charge in [0.2, 0.25) is 5.91 Å². The molecular weight excluding hydrogens is 196 g/mol. The Kier molecular flexibility index (Phi) is 2.21. The molecular formula is C10H10N2OS. The predicted octanol–water partition coefficient (Wildman–Crippen LogP) is 2.56. The molecule has 0 unspecified atom stereocenters. The number of aromatic nitrogens is 1. The summed E-state index contributed by atoms with van der Waals surface area (Å²) in [4.78, 5) is 15.2. The molecule has 1 amide bonds. The van der Waals surface area contributed by atoms with Crippen molar-refractivity contribution in [2.75, 3.05) is 5.32 Å². The zero-order valence-electron chi connectivity index (χ0n) is 8.00. The predicted molar refractivity (Wildman–Crippen MR) is 58.7 cm³/mol. The standard InChI is InChI=1S/C10H10N2OS/c1-6-4-3-5-8-9(6)12-10(14-8)11-7(2)13/h3-5H,1-2H3,(H,11,12,13). The molecule has 0 aliphatic rings. The monoisotopic (exact) mass is 206 g/mol. The molecule has 0 saturated carbocycles. The minimum atomic E-state index is -0.0818. The van der Waals surface area contributed by atoms with E-state index in [4.69, 9.17) is 0 Å². The number of hydrogen-bond donors (Lipinski definition) is 1. The SMILES string of the molecule is CC(=O)Nc1nc2c(C)cccc2s1. The van der Waals surface area contributed by atoms with E-state index in [1.54, 1.807) is 0 Å². The summed E-state index contributed by atoms with van der Waals surface area (Å²) in [5.41, 5.74) is 2.11. The van der Waals surface area contributed by atoms with Crippen molar-refractivity contribution in [3.05, 3.63) is 23.8 Å². The molecule has 0 aliphatic heterocycles. The van der Waals surface area contributed by atoms with Crippen LogP contribution in [0.15, 0.2) is 18.2 Å². The second kappa shape index (κ2) is 3.38. The lowest BCUT2D eigenvalue weighted by Gasteiger charge is -1.92. The number of thiazole rings is 1. The maximum absolute atomic E-state index is 10.8. The van der Waals surface area contributed by atoms with E-state index in [-0.39, 0.29) is 5.91 Å². The summed E-state index contributed by atoms with van der Waals surface area (Å²) in [6.07, 6.45) is 0. The highest BCUT2D eigenvalue weighted by Gasteiger charge is 2.05. The van der Waals surface area contributed by atoms with Gasteiger partial charge in [-0.2, -0.15) is 0 Å². The Labute approximate surface area is 85.8 Å². The summed E-state index contributed by atoms with van der Waals surface area (Å²) >= 11 is 1.50. The third kappa shape index (κ3) is 1.61. The number of benzene rings is 1. The lowest BCUT2D eigenvalue weighted by atomic mass is 10.2. The van der Waals surface area contributed by atoms with Gasteiger partial charge in [0.05, 0.1) is 10.2 Å². The van der Waals surface area contributed by atoms with Gasteiger partial charge < -0.3 is 5.32 Å². The zero-order valence-corrected chi connectivity index (χ0v) is 8.81. The van der Waals surface area contributed by atoms with E-state index >= 15 is 0 Å². The highest BCUT2D eigenvalue weighted by Crippen LogP contribution is 2.27. The minimum Gasteiger partial charge on any atom is -0.302 e. The number of aryl methyl sites for hydroxylation is 1. The molecule has 0 radical (unpaired) electrons. The molecule has 0 spiro atoms. The Morgan fingerprint density at radius 1 is 1.50 bits per heavy atom. The molecule has 0 saturated heterocycles. The van der Waals surface area contributed by atoms with Crippen LogP contribution >= 0.6 is 11.3 Å². The molecule has 14 heavy (non-hydrogen) atoms. The normalized spacial score (nSPS) is 10.4. The van der Waals surface area contributed by atoms with Crippen LogP contribution in [0, 0.1) is 6.92 Å². The van der Waals surface area contributed by atoms with E-state index in [1.807, 2.05) is 25.1 Å². The Hall–Kier alpha value is -1.42. The molecule has 0 fully saturated rings. The molecule has 0 aliphatic carbocycles. The van der Waals surface area contributed by atoms with Gasteiger partial charge in [-0.25, -0.2) is 4.98 Å². The van der Waals surface area contributed by atoms with Gasteiger partial charge in [0.25, 0.3) is 0 Å². The summed E-state index contributed by atoms with van der Waals surface area (Å²) in [5.74, 6) is -0.0818. The van der Waals surface area contributed by atoms with Crippen LogP contribution in [0.25, 0.3) is 10.2 Å². The lowest BCUT2D eigenvalue weighted by molar-refractivity contribution is -0.114. The molecule has 1 aromatic heterocycles. The minimum absolute atomic E-state index is 0.0818. The van der Waals surface area contributed by atoms with E-state index in [2.05, 4.69) is 10.3 Å². The molecule has 2 rings (SSSR count). The fourth-order valence-electron chi connectivity index (χ4n) is 1.29. The van der Waals surface area contributed by atoms with E-state index in [0.717, 1.165) is 15.8 Å². The van der Waals surface area contributed by atoms with Crippen LogP contribution in [0.1, 0.15) is 12.5 Å². The molecule has 2 aromatic rings. The number of amides is 1. The second-order valence-corrected chi connectivity index (χ2v) is 4.15. The first-order valence-corrected chi connectivity index (χ1v) is 5.12. The van der Waals surface area contributed by atoms with Crippen LogP contribution in [-0.4, -0.2) is 10.9 Å². The molecule has 0 bridgehead atoms. The van der Waals surface area contributed by atoms with Crippen LogP contribution in [0.3, 0.4) is 0 Å². The molecule has 1 N–H and O–H groups in total. The number of nitrogens with zero attached hydrogens (tertiary/aromatic N) is 1.